The van der Waals surface area contributed by atoms with Crippen molar-refractivity contribution in [2.45, 2.75) is 38.5 Å². The quantitative estimate of drug-likeness (QED) is 0.181. The number of aromatic nitrogens is 1. The molecule has 1 aliphatic heterocycles. The molecule has 2 heterocycles. The standard InChI is InChI=1S/C50H40N2/c1-49(2)42-18-10-12-20-45(42)51(46-21-13-11-19-43(46)49)37-27-24-35(25-28-37)36-26-31-44-40(32-36)47-48(39-16-8-9-17-41(39)50(47,3)4)52(44)38-29-22-34(23-30-38)33-14-6-5-7-15-33/h5-32H,1-4H3. The van der Waals surface area contributed by atoms with Crippen LogP contribution in [0.15, 0.2) is 170 Å². The van der Waals surface area contributed by atoms with Crippen LogP contribution in [0.25, 0.3) is 50.1 Å². The minimum Gasteiger partial charge on any atom is -0.310 e. The summed E-state index contributed by atoms with van der Waals surface area (Å²) < 4.78 is 2.49. The van der Waals surface area contributed by atoms with Crippen LogP contribution >= 0.6 is 0 Å². The topological polar surface area (TPSA) is 8.17 Å². The SMILES string of the molecule is CC1(C)c2ccccc2N(c2ccc(-c3ccc4c(c3)c3c(n4-c4ccc(-c5ccccc5)cc4)-c4ccccc4C3(C)C)cc2)c2ccccc21. The molecule has 0 saturated heterocycles. The summed E-state index contributed by atoms with van der Waals surface area (Å²) in [5.41, 5.74) is 18.9. The molecular formula is C50H40N2. The Kier molecular flexibility index (Phi) is 6.60. The number of hydrogen-bond donors (Lipinski definition) is 0. The zero-order valence-corrected chi connectivity index (χ0v) is 30.1. The Morgan fingerprint density at radius 1 is 0.404 bits per heavy atom. The fourth-order valence-corrected chi connectivity index (χ4v) is 9.18. The second-order valence-electron chi connectivity index (χ2n) is 15.4. The summed E-state index contributed by atoms with van der Waals surface area (Å²) in [6.07, 6.45) is 0. The van der Waals surface area contributed by atoms with Gasteiger partial charge in [-0.3, -0.25) is 0 Å². The number of nitrogens with zero attached hydrogens (tertiary/aromatic N) is 2. The van der Waals surface area contributed by atoms with E-state index in [0.717, 1.165) is 0 Å². The molecule has 0 spiro atoms. The lowest BCUT2D eigenvalue weighted by molar-refractivity contribution is 0.632. The van der Waals surface area contributed by atoms with Crippen molar-refractivity contribution in [2.75, 3.05) is 4.90 Å². The summed E-state index contributed by atoms with van der Waals surface area (Å²) in [5.74, 6) is 0. The highest BCUT2D eigenvalue weighted by molar-refractivity contribution is 6.01. The molecule has 0 amide bonds. The lowest BCUT2D eigenvalue weighted by Crippen LogP contribution is -2.30. The number of para-hydroxylation sites is 2. The first-order valence-corrected chi connectivity index (χ1v) is 18.4. The Morgan fingerprint density at radius 3 is 1.56 bits per heavy atom. The molecule has 0 radical (unpaired) electrons. The van der Waals surface area contributed by atoms with Crippen LogP contribution in [0.1, 0.15) is 49.9 Å². The van der Waals surface area contributed by atoms with E-state index < -0.39 is 0 Å². The van der Waals surface area contributed by atoms with Crippen molar-refractivity contribution in [3.8, 4) is 39.2 Å². The largest absolute Gasteiger partial charge is 0.310 e. The predicted molar refractivity (Wildman–Crippen MR) is 219 cm³/mol. The fourth-order valence-electron chi connectivity index (χ4n) is 9.18. The van der Waals surface area contributed by atoms with Crippen molar-refractivity contribution in [1.29, 1.82) is 0 Å². The minimum atomic E-state index is -0.134. The van der Waals surface area contributed by atoms with Crippen molar-refractivity contribution in [2.24, 2.45) is 0 Å². The Bertz CT molecular complexity index is 2610. The Morgan fingerprint density at radius 2 is 0.904 bits per heavy atom. The lowest BCUT2D eigenvalue weighted by Gasteiger charge is -2.42. The summed E-state index contributed by atoms with van der Waals surface area (Å²) in [6, 6.07) is 62.6. The summed E-state index contributed by atoms with van der Waals surface area (Å²) in [7, 11) is 0. The van der Waals surface area contributed by atoms with Crippen molar-refractivity contribution >= 4 is 28.0 Å². The van der Waals surface area contributed by atoms with Crippen LogP contribution < -0.4 is 4.90 Å². The maximum Gasteiger partial charge on any atom is 0.0584 e. The van der Waals surface area contributed by atoms with Crippen molar-refractivity contribution in [3.05, 3.63) is 192 Å². The lowest BCUT2D eigenvalue weighted by atomic mass is 9.73. The third-order valence-electron chi connectivity index (χ3n) is 11.8. The smallest absolute Gasteiger partial charge is 0.0584 e. The molecular weight excluding hydrogens is 629 g/mol. The molecule has 10 rings (SSSR count). The highest BCUT2D eigenvalue weighted by atomic mass is 15.2. The first-order chi connectivity index (χ1) is 25.3. The molecule has 2 nitrogen and oxygen atoms in total. The third-order valence-corrected chi connectivity index (χ3v) is 11.8. The van der Waals surface area contributed by atoms with Gasteiger partial charge in [0.2, 0.25) is 0 Å². The van der Waals surface area contributed by atoms with Crippen molar-refractivity contribution in [3.63, 3.8) is 0 Å². The Labute approximate surface area is 306 Å². The molecule has 1 aromatic heterocycles. The molecule has 250 valence electrons. The van der Waals surface area contributed by atoms with Gasteiger partial charge in [-0.05, 0) is 93.0 Å². The van der Waals surface area contributed by atoms with Gasteiger partial charge in [0, 0.05) is 33.2 Å². The number of fused-ring (bicyclic) bond motifs is 7. The van der Waals surface area contributed by atoms with Gasteiger partial charge in [0.15, 0.2) is 0 Å². The Balaban J connectivity index is 1.10. The van der Waals surface area contributed by atoms with E-state index in [4.69, 9.17) is 0 Å². The highest BCUT2D eigenvalue weighted by Gasteiger charge is 2.41. The predicted octanol–water partition coefficient (Wildman–Crippen LogP) is 13.4. The minimum absolute atomic E-state index is 0.0763. The van der Waals surface area contributed by atoms with E-state index in [2.05, 4.69) is 207 Å². The summed E-state index contributed by atoms with van der Waals surface area (Å²) >= 11 is 0. The van der Waals surface area contributed by atoms with Gasteiger partial charge in [-0.1, -0.05) is 149 Å². The van der Waals surface area contributed by atoms with Crippen LogP contribution in [0.5, 0.6) is 0 Å². The summed E-state index contributed by atoms with van der Waals surface area (Å²) in [4.78, 5) is 2.43. The van der Waals surface area contributed by atoms with Crippen LogP contribution in [0.2, 0.25) is 0 Å². The van der Waals surface area contributed by atoms with Crippen LogP contribution in [0.3, 0.4) is 0 Å². The van der Waals surface area contributed by atoms with Gasteiger partial charge in [0.05, 0.1) is 22.6 Å². The van der Waals surface area contributed by atoms with E-state index >= 15 is 0 Å². The molecule has 1 aliphatic carbocycles. The summed E-state index contributed by atoms with van der Waals surface area (Å²) in [6.45, 7) is 9.45. The molecule has 2 heteroatoms. The number of rotatable bonds is 4. The third kappa shape index (κ3) is 4.37. The van der Waals surface area contributed by atoms with Crippen molar-refractivity contribution < 1.29 is 0 Å². The highest BCUT2D eigenvalue weighted by Crippen LogP contribution is 2.55. The molecule has 7 aromatic carbocycles. The molecule has 0 fully saturated rings. The molecule has 0 bridgehead atoms. The average Bonchev–Trinajstić information content (AvgIpc) is 3.65. The van der Waals surface area contributed by atoms with E-state index in [0.29, 0.717) is 0 Å². The molecule has 0 atom stereocenters. The first-order valence-electron chi connectivity index (χ1n) is 18.4. The zero-order valence-electron chi connectivity index (χ0n) is 30.1. The number of anilines is 3. The molecule has 52 heavy (non-hydrogen) atoms. The van der Waals surface area contributed by atoms with E-state index in [1.165, 1.54) is 89.4 Å². The zero-order chi connectivity index (χ0) is 35.2. The van der Waals surface area contributed by atoms with Gasteiger partial charge in [0.25, 0.3) is 0 Å². The van der Waals surface area contributed by atoms with E-state index in [9.17, 15) is 0 Å². The molecule has 8 aromatic rings. The molecule has 2 aliphatic rings. The Hall–Kier alpha value is -6.12. The number of benzene rings is 7. The van der Waals surface area contributed by atoms with Crippen LogP contribution in [0, 0.1) is 0 Å². The second-order valence-corrected chi connectivity index (χ2v) is 15.4. The molecule has 0 N–H and O–H groups in total. The van der Waals surface area contributed by atoms with E-state index in [-0.39, 0.29) is 10.8 Å². The monoisotopic (exact) mass is 668 g/mol. The maximum atomic E-state index is 2.49. The second kappa shape index (κ2) is 11.2. The number of hydrogen-bond acceptors (Lipinski definition) is 1. The van der Waals surface area contributed by atoms with Gasteiger partial charge >= 0.3 is 0 Å². The normalized spacial score (nSPS) is 14.8. The van der Waals surface area contributed by atoms with E-state index in [1.54, 1.807) is 0 Å². The van der Waals surface area contributed by atoms with Gasteiger partial charge in [-0.15, -0.1) is 0 Å². The fraction of sp³-hybridized carbons (Fsp3) is 0.120. The van der Waals surface area contributed by atoms with Gasteiger partial charge in [0.1, 0.15) is 0 Å². The van der Waals surface area contributed by atoms with E-state index in [1.807, 2.05) is 0 Å². The molecule has 0 unspecified atom stereocenters. The van der Waals surface area contributed by atoms with Crippen LogP contribution in [-0.4, -0.2) is 4.57 Å². The van der Waals surface area contributed by atoms with Crippen molar-refractivity contribution in [1.82, 2.24) is 4.57 Å². The average molecular weight is 669 g/mol. The van der Waals surface area contributed by atoms with Gasteiger partial charge < -0.3 is 9.47 Å². The maximum absolute atomic E-state index is 2.49. The van der Waals surface area contributed by atoms with Crippen LogP contribution in [-0.2, 0) is 10.8 Å². The molecule has 0 saturated carbocycles. The van der Waals surface area contributed by atoms with Gasteiger partial charge in [-0.25, -0.2) is 0 Å². The first kappa shape index (κ1) is 30.7. The van der Waals surface area contributed by atoms with Crippen LogP contribution in [0.4, 0.5) is 17.1 Å². The summed E-state index contributed by atoms with van der Waals surface area (Å²) in [5, 5.41) is 1.31. The van der Waals surface area contributed by atoms with Gasteiger partial charge in [-0.2, -0.15) is 0 Å².